The molecule has 0 aromatic heterocycles. The largest absolute Gasteiger partial charge is 0.207 e. The Kier molecular flexibility index (Phi) is 7.13. The van der Waals surface area contributed by atoms with E-state index in [1.54, 1.807) is 48.5 Å². The summed E-state index contributed by atoms with van der Waals surface area (Å²) >= 11 is 0. The van der Waals surface area contributed by atoms with Gasteiger partial charge in [-0.15, -0.1) is 6.58 Å². The lowest BCUT2D eigenvalue weighted by Gasteiger charge is -2.07. The first-order valence-electron chi connectivity index (χ1n) is 11.0. The summed E-state index contributed by atoms with van der Waals surface area (Å²) in [4.78, 5) is 0. The van der Waals surface area contributed by atoms with Gasteiger partial charge in [0.25, 0.3) is 0 Å². The highest BCUT2D eigenvalue weighted by atomic mass is 19.2. The number of fused-ring (bicyclic) bond motifs is 1. The number of benzene rings is 4. The molecule has 34 heavy (non-hydrogen) atoms. The summed E-state index contributed by atoms with van der Waals surface area (Å²) < 4.78 is 55.8. The summed E-state index contributed by atoms with van der Waals surface area (Å²) in [6.07, 6.45) is 4.32. The van der Waals surface area contributed by atoms with Crippen LogP contribution in [0.25, 0.3) is 10.8 Å². The van der Waals surface area contributed by atoms with Crippen LogP contribution >= 0.6 is 0 Å². The van der Waals surface area contributed by atoms with E-state index in [1.165, 1.54) is 6.07 Å². The third-order valence-electron chi connectivity index (χ3n) is 5.69. The summed E-state index contributed by atoms with van der Waals surface area (Å²) in [6, 6.07) is 17.2. The SMILES string of the molecule is C=CCCc1ccc(CCc2ccc(C#Cc3ccc4cc(F)c(F)cc4c3)c(F)c2)c(F)c1. The van der Waals surface area contributed by atoms with Crippen LogP contribution < -0.4 is 0 Å². The number of aryl methyl sites for hydroxylation is 3. The lowest BCUT2D eigenvalue weighted by Crippen LogP contribution is -1.98. The molecule has 0 bridgehead atoms. The maximum absolute atomic E-state index is 14.6. The standard InChI is InChI=1S/C30H22F4/c1-2-3-4-20-5-10-23(27(31)16-20)12-7-22-8-13-24(28(32)17-22)11-6-21-9-14-25-18-29(33)30(34)19-26(25)15-21/h2,5,8-10,13-19H,1,3-4,7,12H2. The number of hydrogen-bond donors (Lipinski definition) is 0. The molecule has 0 atom stereocenters. The van der Waals surface area contributed by atoms with Crippen LogP contribution in [0.1, 0.15) is 34.2 Å². The first-order chi connectivity index (χ1) is 16.4. The molecule has 0 saturated heterocycles. The predicted molar refractivity (Wildman–Crippen MR) is 129 cm³/mol. The van der Waals surface area contributed by atoms with E-state index >= 15 is 0 Å². The lowest BCUT2D eigenvalue weighted by molar-refractivity contribution is 0.511. The summed E-state index contributed by atoms with van der Waals surface area (Å²) in [5, 5.41) is 1.07. The highest BCUT2D eigenvalue weighted by Gasteiger charge is 2.07. The van der Waals surface area contributed by atoms with Crippen LogP contribution in [0.15, 0.2) is 79.4 Å². The van der Waals surface area contributed by atoms with Crippen molar-refractivity contribution >= 4 is 10.8 Å². The van der Waals surface area contributed by atoms with Gasteiger partial charge >= 0.3 is 0 Å². The first kappa shape index (κ1) is 23.3. The van der Waals surface area contributed by atoms with E-state index in [0.29, 0.717) is 34.7 Å². The molecule has 0 heterocycles. The minimum atomic E-state index is -0.928. The van der Waals surface area contributed by atoms with Crippen molar-refractivity contribution in [2.45, 2.75) is 25.7 Å². The van der Waals surface area contributed by atoms with E-state index in [2.05, 4.69) is 18.4 Å². The molecule has 0 fully saturated rings. The quantitative estimate of drug-likeness (QED) is 0.158. The van der Waals surface area contributed by atoms with Gasteiger partial charge in [0, 0.05) is 5.56 Å². The number of hydrogen-bond acceptors (Lipinski definition) is 0. The molecule has 0 aliphatic rings. The van der Waals surface area contributed by atoms with Gasteiger partial charge in [-0.1, -0.05) is 42.2 Å². The van der Waals surface area contributed by atoms with E-state index < -0.39 is 17.5 Å². The zero-order valence-electron chi connectivity index (χ0n) is 18.5. The number of rotatable bonds is 6. The van der Waals surface area contributed by atoms with Crippen LogP contribution in [0.3, 0.4) is 0 Å². The first-order valence-corrected chi connectivity index (χ1v) is 11.0. The third kappa shape index (κ3) is 5.55. The van der Waals surface area contributed by atoms with Gasteiger partial charge in [-0.25, -0.2) is 17.6 Å². The molecule has 0 aliphatic heterocycles. The van der Waals surface area contributed by atoms with E-state index in [4.69, 9.17) is 0 Å². The Morgan fingerprint density at radius 1 is 0.618 bits per heavy atom. The smallest absolute Gasteiger partial charge is 0.159 e. The molecule has 4 rings (SSSR count). The lowest BCUT2D eigenvalue weighted by atomic mass is 10.00. The average molecular weight is 458 g/mol. The van der Waals surface area contributed by atoms with Gasteiger partial charge in [-0.05, 0) is 95.6 Å². The van der Waals surface area contributed by atoms with Crippen LogP contribution in [0.2, 0.25) is 0 Å². The van der Waals surface area contributed by atoms with Crippen molar-refractivity contribution in [1.29, 1.82) is 0 Å². The van der Waals surface area contributed by atoms with Crippen molar-refractivity contribution in [2.75, 3.05) is 0 Å². The van der Waals surface area contributed by atoms with Crippen molar-refractivity contribution in [3.63, 3.8) is 0 Å². The van der Waals surface area contributed by atoms with E-state index in [0.717, 1.165) is 36.1 Å². The Morgan fingerprint density at radius 3 is 2.06 bits per heavy atom. The third-order valence-corrected chi connectivity index (χ3v) is 5.69. The zero-order valence-corrected chi connectivity index (χ0v) is 18.5. The molecule has 0 radical (unpaired) electrons. The summed E-state index contributed by atoms with van der Waals surface area (Å²) in [5.74, 6) is 3.12. The molecule has 0 unspecified atom stereocenters. The predicted octanol–water partition coefficient (Wildman–Crippen LogP) is 7.70. The Bertz CT molecular complexity index is 1420. The summed E-state index contributed by atoms with van der Waals surface area (Å²) in [7, 11) is 0. The fourth-order valence-corrected chi connectivity index (χ4v) is 3.77. The summed E-state index contributed by atoms with van der Waals surface area (Å²) in [5.41, 5.74) is 3.07. The van der Waals surface area contributed by atoms with Crippen LogP contribution in [0.4, 0.5) is 17.6 Å². The monoisotopic (exact) mass is 458 g/mol. The van der Waals surface area contributed by atoms with Gasteiger partial charge < -0.3 is 0 Å². The summed E-state index contributed by atoms with van der Waals surface area (Å²) in [6.45, 7) is 3.68. The maximum Gasteiger partial charge on any atom is 0.159 e. The van der Waals surface area contributed by atoms with Crippen molar-refractivity contribution in [3.05, 3.63) is 130 Å². The minimum Gasteiger partial charge on any atom is -0.207 e. The minimum absolute atomic E-state index is 0.229. The Labute approximate surface area is 196 Å². The van der Waals surface area contributed by atoms with E-state index in [9.17, 15) is 17.6 Å². The van der Waals surface area contributed by atoms with Gasteiger partial charge in [-0.3, -0.25) is 0 Å². The van der Waals surface area contributed by atoms with Crippen molar-refractivity contribution in [1.82, 2.24) is 0 Å². The fourth-order valence-electron chi connectivity index (χ4n) is 3.77. The molecule has 0 nitrogen and oxygen atoms in total. The molecule has 0 saturated carbocycles. The van der Waals surface area contributed by atoms with Crippen molar-refractivity contribution < 1.29 is 17.6 Å². The van der Waals surface area contributed by atoms with Crippen molar-refractivity contribution in [2.24, 2.45) is 0 Å². The molecule has 0 aliphatic carbocycles. The zero-order chi connectivity index (χ0) is 24.1. The second-order valence-corrected chi connectivity index (χ2v) is 8.15. The number of halogens is 4. The second-order valence-electron chi connectivity index (χ2n) is 8.15. The van der Waals surface area contributed by atoms with Gasteiger partial charge in [0.1, 0.15) is 11.6 Å². The van der Waals surface area contributed by atoms with Gasteiger partial charge in [-0.2, -0.15) is 0 Å². The molecule has 170 valence electrons. The molecule has 0 N–H and O–H groups in total. The Morgan fingerprint density at radius 2 is 1.32 bits per heavy atom. The maximum atomic E-state index is 14.6. The van der Waals surface area contributed by atoms with Crippen molar-refractivity contribution in [3.8, 4) is 11.8 Å². The Balaban J connectivity index is 1.45. The molecule has 4 aromatic carbocycles. The molecule has 0 spiro atoms. The van der Waals surface area contributed by atoms with Gasteiger partial charge in [0.2, 0.25) is 0 Å². The normalized spacial score (nSPS) is 10.7. The molecular formula is C30H22F4. The molecule has 4 aromatic rings. The molecular weight excluding hydrogens is 436 g/mol. The molecule has 4 heteroatoms. The molecule has 0 amide bonds. The van der Waals surface area contributed by atoms with Gasteiger partial charge in [0.05, 0.1) is 5.56 Å². The fraction of sp³-hybridized carbons (Fsp3) is 0.133. The van der Waals surface area contributed by atoms with E-state index in [-0.39, 0.29) is 11.4 Å². The number of allylic oxidation sites excluding steroid dienone is 1. The Hall–Kier alpha value is -3.84. The van der Waals surface area contributed by atoms with Crippen LogP contribution in [0, 0.1) is 35.1 Å². The van der Waals surface area contributed by atoms with Gasteiger partial charge in [0.15, 0.2) is 11.6 Å². The van der Waals surface area contributed by atoms with E-state index in [1.807, 2.05) is 6.07 Å². The average Bonchev–Trinajstić information content (AvgIpc) is 2.82. The van der Waals surface area contributed by atoms with Crippen LogP contribution in [-0.4, -0.2) is 0 Å². The second kappa shape index (κ2) is 10.4. The topological polar surface area (TPSA) is 0 Å². The highest BCUT2D eigenvalue weighted by Crippen LogP contribution is 2.20. The highest BCUT2D eigenvalue weighted by molar-refractivity contribution is 5.84. The van der Waals surface area contributed by atoms with Crippen LogP contribution in [-0.2, 0) is 19.3 Å². The van der Waals surface area contributed by atoms with Crippen LogP contribution in [0.5, 0.6) is 0 Å².